The Morgan fingerprint density at radius 3 is 2.15 bits per heavy atom. The molecule has 3 saturated heterocycles. The normalized spacial score (nSPS) is 38.6. The van der Waals surface area contributed by atoms with E-state index in [1.165, 1.54) is 55.5 Å². The molecule has 0 spiro atoms. The second-order valence-corrected chi connectivity index (χ2v) is 7.65. The van der Waals surface area contributed by atoms with Crippen LogP contribution in [-0.4, -0.2) is 16.6 Å². The number of hydrogen-bond acceptors (Lipinski definition) is 2. The topological polar surface area (TPSA) is 16.1 Å². The van der Waals surface area contributed by atoms with E-state index in [-0.39, 0.29) is 0 Å². The molecule has 3 aliphatic carbocycles. The van der Waals surface area contributed by atoms with Crippen LogP contribution in [0.15, 0.2) is 6.07 Å². The van der Waals surface area contributed by atoms with Crippen LogP contribution in [0.3, 0.4) is 0 Å². The summed E-state index contributed by atoms with van der Waals surface area (Å²) in [5, 5.41) is 0. The van der Waals surface area contributed by atoms with Crippen molar-refractivity contribution in [2.24, 2.45) is 5.41 Å². The zero-order valence-electron chi connectivity index (χ0n) is 13.3. The second-order valence-electron chi connectivity index (χ2n) is 7.65. The van der Waals surface area contributed by atoms with Crippen molar-refractivity contribution < 1.29 is 0 Å². The summed E-state index contributed by atoms with van der Waals surface area (Å²) in [4.78, 5) is 7.57. The fourth-order valence-corrected chi connectivity index (χ4v) is 5.68. The summed E-state index contributed by atoms with van der Waals surface area (Å²) >= 11 is 0. The van der Waals surface area contributed by atoms with E-state index in [4.69, 9.17) is 4.98 Å². The first-order chi connectivity index (χ1) is 9.47. The molecule has 3 saturated carbocycles. The van der Waals surface area contributed by atoms with Gasteiger partial charge in [0.2, 0.25) is 0 Å². The molecule has 7 rings (SSSR count). The first-order valence-corrected chi connectivity index (χ1v) is 8.22. The highest BCUT2D eigenvalue weighted by Crippen LogP contribution is 2.64. The Balaban J connectivity index is 1.88. The van der Waals surface area contributed by atoms with Gasteiger partial charge in [0.1, 0.15) is 0 Å². The molecule has 1 aromatic heterocycles. The lowest BCUT2D eigenvalue weighted by Crippen LogP contribution is -2.71. The quantitative estimate of drug-likeness (QED) is 0.756. The summed E-state index contributed by atoms with van der Waals surface area (Å²) in [6.45, 7) is 9.06. The highest BCUT2D eigenvalue weighted by molar-refractivity contribution is 5.62. The summed E-state index contributed by atoms with van der Waals surface area (Å²) in [5.74, 6) is 0. The third kappa shape index (κ3) is 1.38. The molecular formula is C18H26N2. The summed E-state index contributed by atoms with van der Waals surface area (Å²) < 4.78 is 0. The smallest absolute Gasteiger partial charge is 0.0619 e. The largest absolute Gasteiger partial charge is 0.361 e. The number of piperidine rings is 3. The Morgan fingerprint density at radius 1 is 1.05 bits per heavy atom. The zero-order valence-corrected chi connectivity index (χ0v) is 13.3. The summed E-state index contributed by atoms with van der Waals surface area (Å²) in [6.07, 6.45) is 8.60. The van der Waals surface area contributed by atoms with E-state index in [9.17, 15) is 0 Å². The lowest BCUT2D eigenvalue weighted by Gasteiger charge is -2.70. The van der Waals surface area contributed by atoms with Crippen LogP contribution in [0.1, 0.15) is 62.4 Å². The van der Waals surface area contributed by atoms with E-state index in [0.29, 0.717) is 17.0 Å². The Labute approximate surface area is 122 Å². The van der Waals surface area contributed by atoms with Gasteiger partial charge in [-0.2, -0.15) is 0 Å². The lowest BCUT2D eigenvalue weighted by atomic mass is 9.49. The van der Waals surface area contributed by atoms with Gasteiger partial charge >= 0.3 is 0 Å². The minimum Gasteiger partial charge on any atom is -0.361 e. The molecule has 0 aromatic carbocycles. The Kier molecular flexibility index (Phi) is 2.39. The molecule has 2 heteroatoms. The van der Waals surface area contributed by atoms with Crippen molar-refractivity contribution >= 4 is 5.69 Å². The van der Waals surface area contributed by atoms with Crippen LogP contribution < -0.4 is 4.90 Å². The van der Waals surface area contributed by atoms with Crippen molar-refractivity contribution in [1.29, 1.82) is 0 Å². The predicted molar refractivity (Wildman–Crippen MR) is 83.3 cm³/mol. The van der Waals surface area contributed by atoms with Crippen LogP contribution in [0.25, 0.3) is 0 Å². The molecule has 6 fully saturated rings. The van der Waals surface area contributed by atoms with Crippen LogP contribution in [-0.2, 0) is 0 Å². The number of aromatic nitrogens is 1. The second kappa shape index (κ2) is 3.78. The minimum absolute atomic E-state index is 0.450. The maximum Gasteiger partial charge on any atom is 0.0619 e. The number of anilines is 1. The molecule has 1 aromatic rings. The highest BCUT2D eigenvalue weighted by Gasteiger charge is 2.62. The van der Waals surface area contributed by atoms with E-state index in [0.717, 1.165) is 5.69 Å². The number of hydrogen-bond donors (Lipinski definition) is 0. The van der Waals surface area contributed by atoms with E-state index in [2.05, 4.69) is 38.7 Å². The van der Waals surface area contributed by atoms with Crippen LogP contribution in [0.2, 0.25) is 0 Å². The first kappa shape index (κ1) is 12.7. The van der Waals surface area contributed by atoms with Crippen LogP contribution in [0, 0.1) is 26.2 Å². The number of nitrogens with zero attached hydrogens (tertiary/aromatic N) is 2. The molecule has 1 atom stereocenters. The molecule has 0 unspecified atom stereocenters. The summed E-state index contributed by atoms with van der Waals surface area (Å²) in [6, 6.07) is 2.96. The molecule has 2 nitrogen and oxygen atoms in total. The molecule has 4 heterocycles. The maximum atomic E-state index is 4.76. The average Bonchev–Trinajstić information content (AvgIpc) is 2.42. The summed E-state index contributed by atoms with van der Waals surface area (Å²) in [7, 11) is 0. The first-order valence-electron chi connectivity index (χ1n) is 8.22. The van der Waals surface area contributed by atoms with Gasteiger partial charge in [0, 0.05) is 17.3 Å². The van der Waals surface area contributed by atoms with Crippen LogP contribution in [0.5, 0.6) is 0 Å². The molecule has 6 aliphatic rings. The van der Waals surface area contributed by atoms with Gasteiger partial charge in [-0.05, 0) is 83.3 Å². The van der Waals surface area contributed by atoms with Gasteiger partial charge in [-0.25, -0.2) is 0 Å². The fraction of sp³-hybridized carbons (Fsp3) is 0.722. The van der Waals surface area contributed by atoms with Crippen LogP contribution >= 0.6 is 0 Å². The third-order valence-electron chi connectivity index (χ3n) is 6.78. The van der Waals surface area contributed by atoms with E-state index in [1.807, 2.05) is 0 Å². The molecule has 20 heavy (non-hydrogen) atoms. The van der Waals surface area contributed by atoms with Gasteiger partial charge in [-0.3, -0.25) is 4.98 Å². The maximum absolute atomic E-state index is 4.76. The standard InChI is InChI=1S/C18H26N2/c1-12-11-13(2)19-14(3)16(12)20-15(4)17-5-8-18(20,9-6-17)10-7-17/h11,15H,5-10H2,1-4H3/t15-,17?,18?/m0/s1. The van der Waals surface area contributed by atoms with E-state index >= 15 is 0 Å². The third-order valence-corrected chi connectivity index (χ3v) is 6.78. The Morgan fingerprint density at radius 2 is 1.65 bits per heavy atom. The number of aryl methyl sites for hydroxylation is 3. The monoisotopic (exact) mass is 270 g/mol. The van der Waals surface area contributed by atoms with Crippen molar-refractivity contribution in [1.82, 2.24) is 4.98 Å². The van der Waals surface area contributed by atoms with Gasteiger partial charge in [-0.1, -0.05) is 0 Å². The molecule has 0 N–H and O–H groups in total. The van der Waals surface area contributed by atoms with E-state index < -0.39 is 0 Å². The predicted octanol–water partition coefficient (Wildman–Crippen LogP) is 4.31. The van der Waals surface area contributed by atoms with Gasteiger partial charge in [0.15, 0.2) is 0 Å². The van der Waals surface area contributed by atoms with Crippen molar-refractivity contribution in [3.05, 3.63) is 23.0 Å². The average molecular weight is 270 g/mol. The molecular weight excluding hydrogens is 244 g/mol. The van der Waals surface area contributed by atoms with Crippen molar-refractivity contribution in [3.8, 4) is 0 Å². The number of pyridine rings is 1. The van der Waals surface area contributed by atoms with E-state index in [1.54, 1.807) is 0 Å². The van der Waals surface area contributed by atoms with Gasteiger partial charge in [-0.15, -0.1) is 0 Å². The molecule has 3 aliphatic heterocycles. The fourth-order valence-electron chi connectivity index (χ4n) is 5.68. The van der Waals surface area contributed by atoms with Gasteiger partial charge in [0.25, 0.3) is 0 Å². The SMILES string of the molecule is Cc1cc(C)c(N2[C@@H](C)C34CCC2(CC3)CC4)c(C)n1. The minimum atomic E-state index is 0.450. The Hall–Kier alpha value is -1.05. The van der Waals surface area contributed by atoms with Gasteiger partial charge in [0.05, 0.1) is 11.4 Å². The molecule has 108 valence electrons. The molecule has 0 amide bonds. The zero-order chi connectivity index (χ0) is 14.1. The molecule has 2 bridgehead atoms. The van der Waals surface area contributed by atoms with Crippen molar-refractivity contribution in [3.63, 3.8) is 0 Å². The summed E-state index contributed by atoms with van der Waals surface area (Å²) in [5.41, 5.74) is 6.31. The Bertz CT molecular complexity index is 527. The lowest BCUT2D eigenvalue weighted by molar-refractivity contribution is -0.0449. The van der Waals surface area contributed by atoms with Crippen molar-refractivity contribution in [2.75, 3.05) is 4.90 Å². The van der Waals surface area contributed by atoms with Crippen LogP contribution in [0.4, 0.5) is 5.69 Å². The molecule has 0 radical (unpaired) electrons. The van der Waals surface area contributed by atoms with Crippen molar-refractivity contribution in [2.45, 2.75) is 77.8 Å². The highest BCUT2D eigenvalue weighted by atomic mass is 15.3. The van der Waals surface area contributed by atoms with Gasteiger partial charge < -0.3 is 4.90 Å². The number of rotatable bonds is 1.